The predicted octanol–water partition coefficient (Wildman–Crippen LogP) is 5.00. The molecule has 0 spiro atoms. The first kappa shape index (κ1) is 22.3. The predicted molar refractivity (Wildman–Crippen MR) is 110 cm³/mol. The van der Waals surface area contributed by atoms with Crippen LogP contribution in [-0.2, 0) is 4.79 Å². The van der Waals surface area contributed by atoms with E-state index in [-0.39, 0.29) is 35.5 Å². The van der Waals surface area contributed by atoms with Crippen LogP contribution in [0.4, 0.5) is 0 Å². The van der Waals surface area contributed by atoms with Crippen LogP contribution in [0.5, 0.6) is 17.2 Å². The number of ether oxygens (including phenoxy) is 2. The molecule has 7 heteroatoms. The SMILES string of the molecule is CCCCCC/C=C/Oc1c(O)c2c(OCCCCC(=O)O)cccc2oc1=O. The maximum absolute atomic E-state index is 12.2. The average Bonchev–Trinajstić information content (AvgIpc) is 2.68. The Labute approximate surface area is 169 Å². The zero-order valence-corrected chi connectivity index (χ0v) is 16.7. The summed E-state index contributed by atoms with van der Waals surface area (Å²) in [4.78, 5) is 22.7. The summed E-state index contributed by atoms with van der Waals surface area (Å²) < 4.78 is 16.3. The molecule has 29 heavy (non-hydrogen) atoms. The third-order valence-electron chi connectivity index (χ3n) is 4.38. The molecule has 0 bridgehead atoms. The lowest BCUT2D eigenvalue weighted by molar-refractivity contribution is -0.137. The molecule has 0 saturated heterocycles. The minimum atomic E-state index is -0.852. The van der Waals surface area contributed by atoms with Crippen LogP contribution in [0.3, 0.4) is 0 Å². The van der Waals surface area contributed by atoms with Crippen molar-refractivity contribution in [3.05, 3.63) is 41.0 Å². The maximum Gasteiger partial charge on any atom is 0.383 e. The van der Waals surface area contributed by atoms with Crippen molar-refractivity contribution in [1.29, 1.82) is 0 Å². The van der Waals surface area contributed by atoms with E-state index in [2.05, 4.69) is 6.92 Å². The van der Waals surface area contributed by atoms with Crippen LogP contribution in [0.25, 0.3) is 11.0 Å². The van der Waals surface area contributed by atoms with Gasteiger partial charge in [0.2, 0.25) is 0 Å². The van der Waals surface area contributed by atoms with Gasteiger partial charge in [-0.1, -0.05) is 32.3 Å². The number of carboxylic acids is 1. The summed E-state index contributed by atoms with van der Waals surface area (Å²) in [6.45, 7) is 2.42. The van der Waals surface area contributed by atoms with Crippen LogP contribution >= 0.6 is 0 Å². The molecular weight excluding hydrogens is 376 g/mol. The largest absolute Gasteiger partial charge is 0.503 e. The second kappa shape index (κ2) is 11.8. The third-order valence-corrected chi connectivity index (χ3v) is 4.38. The van der Waals surface area contributed by atoms with Gasteiger partial charge in [0.25, 0.3) is 5.75 Å². The molecule has 7 nitrogen and oxygen atoms in total. The molecule has 0 radical (unpaired) electrons. The number of carboxylic acid groups (broad SMARTS) is 1. The third kappa shape index (κ3) is 6.85. The normalized spacial score (nSPS) is 11.2. The Morgan fingerprint density at radius 3 is 2.76 bits per heavy atom. The highest BCUT2D eigenvalue weighted by atomic mass is 16.5. The second-order valence-electron chi connectivity index (χ2n) is 6.73. The van der Waals surface area contributed by atoms with E-state index in [1.165, 1.54) is 12.7 Å². The van der Waals surface area contributed by atoms with E-state index in [4.69, 9.17) is 19.0 Å². The van der Waals surface area contributed by atoms with Crippen molar-refractivity contribution in [3.63, 3.8) is 0 Å². The summed E-state index contributed by atoms with van der Waals surface area (Å²) in [6, 6.07) is 4.85. The fraction of sp³-hybridized carbons (Fsp3) is 0.455. The number of unbranched alkanes of at least 4 members (excludes halogenated alkanes) is 5. The summed E-state index contributed by atoms with van der Waals surface area (Å²) >= 11 is 0. The first-order valence-electron chi connectivity index (χ1n) is 9.99. The number of rotatable bonds is 13. The zero-order valence-electron chi connectivity index (χ0n) is 16.7. The highest BCUT2D eigenvalue weighted by molar-refractivity contribution is 5.91. The van der Waals surface area contributed by atoms with Crippen LogP contribution in [0.2, 0.25) is 0 Å². The summed E-state index contributed by atoms with van der Waals surface area (Å²) in [6.07, 6.45) is 9.64. The van der Waals surface area contributed by atoms with Crippen molar-refractivity contribution >= 4 is 16.9 Å². The molecule has 0 fully saturated rings. The highest BCUT2D eigenvalue weighted by Crippen LogP contribution is 2.37. The Morgan fingerprint density at radius 2 is 2.00 bits per heavy atom. The van der Waals surface area contributed by atoms with Crippen molar-refractivity contribution in [1.82, 2.24) is 0 Å². The van der Waals surface area contributed by atoms with Crippen molar-refractivity contribution in [2.24, 2.45) is 0 Å². The van der Waals surface area contributed by atoms with Gasteiger partial charge >= 0.3 is 11.6 Å². The van der Waals surface area contributed by atoms with Crippen LogP contribution in [0.1, 0.15) is 58.3 Å². The molecule has 1 aromatic carbocycles. The van der Waals surface area contributed by atoms with Crippen molar-refractivity contribution in [2.75, 3.05) is 6.61 Å². The first-order chi connectivity index (χ1) is 14.0. The van der Waals surface area contributed by atoms with Gasteiger partial charge in [-0.2, -0.15) is 0 Å². The molecule has 0 saturated carbocycles. The van der Waals surface area contributed by atoms with Gasteiger partial charge in [-0.3, -0.25) is 4.79 Å². The second-order valence-corrected chi connectivity index (χ2v) is 6.73. The van der Waals surface area contributed by atoms with Crippen LogP contribution in [0, 0.1) is 0 Å². The zero-order chi connectivity index (χ0) is 21.1. The molecule has 0 aliphatic carbocycles. The lowest BCUT2D eigenvalue weighted by atomic mass is 10.1. The van der Waals surface area contributed by atoms with Crippen LogP contribution in [0.15, 0.2) is 39.7 Å². The molecule has 2 rings (SSSR count). The Balaban J connectivity index is 2.09. The molecule has 0 aliphatic heterocycles. The highest BCUT2D eigenvalue weighted by Gasteiger charge is 2.18. The van der Waals surface area contributed by atoms with E-state index in [1.807, 2.05) is 6.08 Å². The number of hydrogen-bond donors (Lipinski definition) is 2. The van der Waals surface area contributed by atoms with Gasteiger partial charge in [-0.25, -0.2) is 4.79 Å². The fourth-order valence-corrected chi connectivity index (χ4v) is 2.84. The molecule has 2 N–H and O–H groups in total. The first-order valence-corrected chi connectivity index (χ1v) is 9.99. The van der Waals surface area contributed by atoms with Crippen molar-refractivity contribution in [3.8, 4) is 17.2 Å². The Morgan fingerprint density at radius 1 is 1.17 bits per heavy atom. The number of hydrogen-bond acceptors (Lipinski definition) is 6. The van der Waals surface area contributed by atoms with Crippen molar-refractivity contribution < 1.29 is 28.9 Å². The Kier molecular flexibility index (Phi) is 9.08. The number of carbonyl (C=O) groups is 1. The van der Waals surface area contributed by atoms with Crippen molar-refractivity contribution in [2.45, 2.75) is 58.3 Å². The number of aliphatic carboxylic acids is 1. The Hall–Kier alpha value is -2.96. The lowest BCUT2D eigenvalue weighted by Gasteiger charge is -2.11. The minimum Gasteiger partial charge on any atom is -0.503 e. The smallest absolute Gasteiger partial charge is 0.383 e. The minimum absolute atomic E-state index is 0.0712. The Bertz CT molecular complexity index is 883. The number of aromatic hydroxyl groups is 1. The molecule has 1 heterocycles. The molecule has 0 atom stereocenters. The number of allylic oxidation sites excluding steroid dienone is 1. The van der Waals surface area contributed by atoms with Crippen LogP contribution in [-0.4, -0.2) is 22.8 Å². The molecule has 1 aromatic heterocycles. The fourth-order valence-electron chi connectivity index (χ4n) is 2.84. The van der Waals surface area contributed by atoms with E-state index in [1.54, 1.807) is 18.2 Å². The molecule has 158 valence electrons. The number of benzene rings is 1. The van der Waals surface area contributed by atoms with E-state index in [9.17, 15) is 14.7 Å². The molecule has 0 unspecified atom stereocenters. The van der Waals surface area contributed by atoms with Gasteiger partial charge < -0.3 is 24.1 Å². The number of fused-ring (bicyclic) bond motifs is 1. The molecular formula is C22H28O7. The van der Waals surface area contributed by atoms with Gasteiger partial charge in [0, 0.05) is 6.42 Å². The van der Waals surface area contributed by atoms with Gasteiger partial charge in [0.1, 0.15) is 16.7 Å². The van der Waals surface area contributed by atoms with E-state index < -0.39 is 11.6 Å². The quantitative estimate of drug-likeness (QED) is 0.275. The topological polar surface area (TPSA) is 106 Å². The maximum atomic E-state index is 12.2. The van der Waals surface area contributed by atoms with Crippen LogP contribution < -0.4 is 15.1 Å². The van der Waals surface area contributed by atoms with E-state index in [0.29, 0.717) is 18.6 Å². The molecule has 0 aliphatic rings. The van der Waals surface area contributed by atoms with Gasteiger partial charge in [-0.15, -0.1) is 0 Å². The summed E-state index contributed by atoms with van der Waals surface area (Å²) in [5.41, 5.74) is -0.587. The molecule has 2 aromatic rings. The van der Waals surface area contributed by atoms with E-state index >= 15 is 0 Å². The van der Waals surface area contributed by atoms with Gasteiger partial charge in [-0.05, 0) is 43.9 Å². The average molecular weight is 404 g/mol. The van der Waals surface area contributed by atoms with E-state index in [0.717, 1.165) is 25.7 Å². The van der Waals surface area contributed by atoms with Gasteiger partial charge in [0.15, 0.2) is 5.75 Å². The lowest BCUT2D eigenvalue weighted by Crippen LogP contribution is -2.05. The summed E-state index contributed by atoms with van der Waals surface area (Å²) in [5, 5.41) is 19.5. The summed E-state index contributed by atoms with van der Waals surface area (Å²) in [5.74, 6) is -1.14. The molecule has 0 amide bonds. The monoisotopic (exact) mass is 404 g/mol. The standard InChI is InChI=1S/C22H28O7/c1-2-3-4-5-6-8-15-28-21-20(25)19-16(27-14-9-7-13-18(23)24)11-10-12-17(19)29-22(21)26/h8,10-12,15,25H,2-7,9,13-14H2,1H3,(H,23,24)/b15-8+. The summed E-state index contributed by atoms with van der Waals surface area (Å²) in [7, 11) is 0. The van der Waals surface area contributed by atoms with Gasteiger partial charge in [0.05, 0.1) is 12.9 Å².